The van der Waals surface area contributed by atoms with E-state index >= 15 is 0 Å². The number of alkyl halides is 3. The van der Waals surface area contributed by atoms with Gasteiger partial charge >= 0.3 is 6.18 Å². The molecule has 3 aliphatic rings. The smallest absolute Gasteiger partial charge is 0.419 e. The number of methoxy groups -OCH3 is 1. The van der Waals surface area contributed by atoms with Gasteiger partial charge in [0, 0.05) is 48.8 Å². The topological polar surface area (TPSA) is 91.4 Å². The summed E-state index contributed by atoms with van der Waals surface area (Å²) in [7, 11) is 1.56. The normalized spacial score (nSPS) is 20.9. The van der Waals surface area contributed by atoms with Gasteiger partial charge in [0.15, 0.2) is 0 Å². The lowest BCUT2D eigenvalue weighted by atomic mass is 9.82. The fraction of sp³-hybridized carbons (Fsp3) is 0.414. The number of benzene rings is 2. The van der Waals surface area contributed by atoms with Gasteiger partial charge in [-0.1, -0.05) is 12.1 Å². The molecule has 0 spiro atoms. The van der Waals surface area contributed by atoms with E-state index in [1.54, 1.807) is 13.2 Å². The summed E-state index contributed by atoms with van der Waals surface area (Å²) in [6.45, 7) is 5.51. The third-order valence-electron chi connectivity index (χ3n) is 8.22. The van der Waals surface area contributed by atoms with Gasteiger partial charge < -0.3 is 25.6 Å². The van der Waals surface area contributed by atoms with Crippen molar-refractivity contribution in [2.75, 3.05) is 35.7 Å². The summed E-state index contributed by atoms with van der Waals surface area (Å²) < 4.78 is 47.4. The second kappa shape index (κ2) is 9.65. The number of hydrogen-bond donors (Lipinski definition) is 3. The number of amides is 1. The number of hydrogen-bond acceptors (Lipinski definition) is 7. The van der Waals surface area contributed by atoms with Gasteiger partial charge in [-0.05, 0) is 62.4 Å². The molecule has 2 aromatic carbocycles. The Kier molecular flexibility index (Phi) is 6.36. The van der Waals surface area contributed by atoms with Crippen LogP contribution < -0.4 is 25.6 Å². The quantitative estimate of drug-likeness (QED) is 0.388. The number of aromatic nitrogens is 2. The zero-order chi connectivity index (χ0) is 28.2. The van der Waals surface area contributed by atoms with Crippen LogP contribution in [0.3, 0.4) is 0 Å². The standard InChI is InChI=1S/C29H31F3N6O2/c1-28(2)25-16(5-4-6-23(25)35-26(28)39)7-9-21-20(29(30,31)32)14-34-27(36-21)37-22-10-8-18(12-24(22)40-3)38-15-17-11-19(38)13-33-17/h4-6,8,10,12,14,17,19,33H,7,9,11,13,15H2,1-3H3,(H,35,39)(H,34,36,37). The first kappa shape index (κ1) is 26.4. The number of rotatable bonds is 7. The highest BCUT2D eigenvalue weighted by atomic mass is 19.4. The minimum atomic E-state index is -4.60. The number of halogens is 3. The van der Waals surface area contributed by atoms with Crippen molar-refractivity contribution in [3.63, 3.8) is 0 Å². The molecule has 0 aliphatic carbocycles. The maximum absolute atomic E-state index is 13.9. The molecule has 6 rings (SSSR count). The lowest BCUT2D eigenvalue weighted by Crippen LogP contribution is -2.43. The summed E-state index contributed by atoms with van der Waals surface area (Å²) in [5.41, 5.74) is 2.15. The number of aryl methyl sites for hydroxylation is 2. The van der Waals surface area contributed by atoms with Crippen LogP contribution in [0.15, 0.2) is 42.6 Å². The molecule has 11 heteroatoms. The number of fused-ring (bicyclic) bond motifs is 3. The summed E-state index contributed by atoms with van der Waals surface area (Å²) in [6.07, 6.45) is -2.36. The van der Waals surface area contributed by atoms with E-state index in [1.807, 2.05) is 44.2 Å². The molecule has 2 atom stereocenters. The molecule has 1 aromatic heterocycles. The minimum Gasteiger partial charge on any atom is -0.494 e. The van der Waals surface area contributed by atoms with Crippen LogP contribution in [0.1, 0.15) is 42.7 Å². The third kappa shape index (κ3) is 4.61. The molecular weight excluding hydrogens is 521 g/mol. The van der Waals surface area contributed by atoms with Crippen molar-refractivity contribution in [2.24, 2.45) is 0 Å². The monoisotopic (exact) mass is 552 g/mol. The Hall–Kier alpha value is -3.86. The van der Waals surface area contributed by atoms with Crippen LogP contribution in [-0.2, 0) is 29.2 Å². The molecule has 8 nitrogen and oxygen atoms in total. The van der Waals surface area contributed by atoms with E-state index in [1.165, 1.54) is 0 Å². The van der Waals surface area contributed by atoms with Crippen molar-refractivity contribution >= 4 is 28.9 Å². The number of carbonyl (C=O) groups is 1. The van der Waals surface area contributed by atoms with E-state index < -0.39 is 17.2 Å². The molecule has 2 fully saturated rings. The van der Waals surface area contributed by atoms with E-state index in [0.717, 1.165) is 42.5 Å². The zero-order valence-electron chi connectivity index (χ0n) is 22.5. The Labute approximate surface area is 230 Å². The van der Waals surface area contributed by atoms with E-state index in [4.69, 9.17) is 4.74 Å². The molecule has 1 amide bonds. The van der Waals surface area contributed by atoms with Crippen molar-refractivity contribution in [3.8, 4) is 5.75 Å². The number of nitrogens with one attached hydrogen (secondary N) is 3. The minimum absolute atomic E-state index is 0.0222. The second-order valence-corrected chi connectivity index (χ2v) is 11.1. The van der Waals surface area contributed by atoms with Crippen LogP contribution in [0.4, 0.5) is 36.2 Å². The fourth-order valence-electron chi connectivity index (χ4n) is 6.16. The van der Waals surface area contributed by atoms with Crippen molar-refractivity contribution in [1.29, 1.82) is 0 Å². The number of ether oxygens (including phenoxy) is 1. The van der Waals surface area contributed by atoms with Crippen molar-refractivity contribution in [3.05, 3.63) is 65.0 Å². The molecule has 3 aliphatic heterocycles. The van der Waals surface area contributed by atoms with Gasteiger partial charge in [0.2, 0.25) is 11.9 Å². The van der Waals surface area contributed by atoms with Crippen LogP contribution in [0, 0.1) is 0 Å². The largest absolute Gasteiger partial charge is 0.494 e. The highest BCUT2D eigenvalue weighted by Crippen LogP contribution is 2.41. The predicted octanol–water partition coefficient (Wildman–Crippen LogP) is 4.81. The number of anilines is 4. The lowest BCUT2D eigenvalue weighted by Gasteiger charge is -2.30. The molecule has 2 saturated heterocycles. The third-order valence-corrected chi connectivity index (χ3v) is 8.22. The first-order valence-electron chi connectivity index (χ1n) is 13.4. The molecule has 2 bridgehead atoms. The highest BCUT2D eigenvalue weighted by molar-refractivity contribution is 6.06. The van der Waals surface area contributed by atoms with Crippen LogP contribution >= 0.6 is 0 Å². The van der Waals surface area contributed by atoms with E-state index in [0.29, 0.717) is 29.2 Å². The van der Waals surface area contributed by atoms with Crippen molar-refractivity contribution in [2.45, 2.75) is 56.8 Å². The number of carbonyl (C=O) groups excluding carboxylic acids is 1. The summed E-state index contributed by atoms with van der Waals surface area (Å²) in [5.74, 6) is 0.472. The van der Waals surface area contributed by atoms with Gasteiger partial charge in [0.1, 0.15) is 5.75 Å². The molecule has 3 N–H and O–H groups in total. The van der Waals surface area contributed by atoms with Crippen LogP contribution in [0.5, 0.6) is 5.75 Å². The van der Waals surface area contributed by atoms with E-state index in [-0.39, 0.29) is 30.4 Å². The van der Waals surface area contributed by atoms with Crippen molar-refractivity contribution < 1.29 is 22.7 Å². The van der Waals surface area contributed by atoms with Gasteiger partial charge in [-0.15, -0.1) is 0 Å². The van der Waals surface area contributed by atoms with Gasteiger partial charge in [-0.2, -0.15) is 13.2 Å². The average molecular weight is 553 g/mol. The van der Waals surface area contributed by atoms with Crippen LogP contribution in [0.25, 0.3) is 0 Å². The molecule has 0 saturated carbocycles. The first-order chi connectivity index (χ1) is 19.0. The van der Waals surface area contributed by atoms with Crippen molar-refractivity contribution in [1.82, 2.24) is 15.3 Å². The SMILES string of the molecule is COc1cc(N2CC3CC2CN3)ccc1Nc1ncc(C(F)(F)F)c(CCc2cccc3c2C(C)(C)C(=O)N3)n1. The maximum Gasteiger partial charge on any atom is 0.419 e. The molecule has 2 unspecified atom stereocenters. The number of nitrogens with zero attached hydrogens (tertiary/aromatic N) is 3. The summed E-state index contributed by atoms with van der Waals surface area (Å²) in [4.78, 5) is 23.1. The Morgan fingerprint density at radius 1 is 1.20 bits per heavy atom. The summed E-state index contributed by atoms with van der Waals surface area (Å²) >= 11 is 0. The van der Waals surface area contributed by atoms with Crippen LogP contribution in [-0.4, -0.2) is 48.2 Å². The Morgan fingerprint density at radius 2 is 2.02 bits per heavy atom. The zero-order valence-corrected chi connectivity index (χ0v) is 22.5. The maximum atomic E-state index is 13.9. The predicted molar refractivity (Wildman–Crippen MR) is 146 cm³/mol. The highest BCUT2D eigenvalue weighted by Gasteiger charge is 2.41. The molecule has 3 aromatic rings. The van der Waals surface area contributed by atoms with Gasteiger partial charge in [0.25, 0.3) is 0 Å². The summed E-state index contributed by atoms with van der Waals surface area (Å²) in [6, 6.07) is 12.1. The number of piperazine rings is 1. The lowest BCUT2D eigenvalue weighted by molar-refractivity contribution is -0.138. The molecule has 0 radical (unpaired) electrons. The van der Waals surface area contributed by atoms with E-state index in [2.05, 4.69) is 30.8 Å². The average Bonchev–Trinajstić information content (AvgIpc) is 3.61. The second-order valence-electron chi connectivity index (χ2n) is 11.1. The Morgan fingerprint density at radius 3 is 2.73 bits per heavy atom. The molecule has 4 heterocycles. The molecule has 40 heavy (non-hydrogen) atoms. The van der Waals surface area contributed by atoms with Crippen LogP contribution in [0.2, 0.25) is 0 Å². The van der Waals surface area contributed by atoms with Gasteiger partial charge in [0.05, 0.1) is 29.5 Å². The molecular formula is C29H31F3N6O2. The summed E-state index contributed by atoms with van der Waals surface area (Å²) in [5, 5.41) is 9.41. The van der Waals surface area contributed by atoms with Gasteiger partial charge in [-0.25, -0.2) is 9.97 Å². The Bertz CT molecular complexity index is 1470. The van der Waals surface area contributed by atoms with Gasteiger partial charge in [-0.3, -0.25) is 4.79 Å². The first-order valence-corrected chi connectivity index (χ1v) is 13.4. The molecule has 210 valence electrons. The fourth-order valence-corrected chi connectivity index (χ4v) is 6.16. The Balaban J connectivity index is 1.26. The van der Waals surface area contributed by atoms with E-state index in [9.17, 15) is 18.0 Å².